The zero-order valence-corrected chi connectivity index (χ0v) is 15.1. The molecule has 1 fully saturated rings. The lowest BCUT2D eigenvalue weighted by molar-refractivity contribution is 0.307. The fourth-order valence-corrected chi connectivity index (χ4v) is 4.57. The van der Waals surface area contributed by atoms with Crippen molar-refractivity contribution in [3.8, 4) is 0 Å². The summed E-state index contributed by atoms with van der Waals surface area (Å²) in [6.45, 7) is 6.04. The number of hydrogen-bond donors (Lipinski definition) is 0. The van der Waals surface area contributed by atoms with Crippen LogP contribution in [0.4, 0.5) is 4.39 Å². The van der Waals surface area contributed by atoms with Crippen LogP contribution in [-0.4, -0.2) is 0 Å². The van der Waals surface area contributed by atoms with E-state index in [0.717, 1.165) is 61.1 Å². The van der Waals surface area contributed by atoms with Crippen LogP contribution in [0.1, 0.15) is 87.3 Å². The molecule has 0 heterocycles. The van der Waals surface area contributed by atoms with E-state index in [1.165, 1.54) is 31.3 Å². The van der Waals surface area contributed by atoms with Crippen LogP contribution in [0.25, 0.3) is 6.08 Å². The number of rotatable bonds is 6. The summed E-state index contributed by atoms with van der Waals surface area (Å²) in [6, 6.07) is 4.25. The van der Waals surface area contributed by atoms with Crippen LogP contribution in [0, 0.1) is 11.7 Å². The minimum Gasteiger partial charge on any atom is -0.206 e. The second-order valence-corrected chi connectivity index (χ2v) is 7.67. The molecule has 0 saturated heterocycles. The van der Waals surface area contributed by atoms with Crippen molar-refractivity contribution >= 4 is 6.08 Å². The first kappa shape index (κ1) is 17.5. The van der Waals surface area contributed by atoms with E-state index in [1.807, 2.05) is 6.08 Å². The Hall–Kier alpha value is -1.37. The van der Waals surface area contributed by atoms with E-state index in [2.05, 4.69) is 31.7 Å². The summed E-state index contributed by atoms with van der Waals surface area (Å²) >= 11 is 0. The molecule has 0 atom stereocenters. The van der Waals surface area contributed by atoms with Gasteiger partial charge in [0.1, 0.15) is 5.82 Å². The minimum absolute atomic E-state index is 0.105. The Morgan fingerprint density at radius 3 is 2.67 bits per heavy atom. The average molecular weight is 326 g/mol. The fraction of sp³-hybridized carbons (Fsp3) is 0.565. The lowest BCUT2D eigenvalue weighted by Gasteiger charge is -2.30. The molecule has 0 unspecified atom stereocenters. The average Bonchev–Trinajstić information content (AvgIpc) is 2.61. The van der Waals surface area contributed by atoms with Gasteiger partial charge in [0, 0.05) is 0 Å². The van der Waals surface area contributed by atoms with Gasteiger partial charge in [0.2, 0.25) is 0 Å². The van der Waals surface area contributed by atoms with E-state index in [1.54, 1.807) is 0 Å². The van der Waals surface area contributed by atoms with Crippen LogP contribution in [0.2, 0.25) is 0 Å². The van der Waals surface area contributed by atoms with Gasteiger partial charge in [-0.2, -0.15) is 0 Å². The van der Waals surface area contributed by atoms with Crippen molar-refractivity contribution in [1.29, 1.82) is 0 Å². The molecule has 0 amide bonds. The first-order valence-corrected chi connectivity index (χ1v) is 9.84. The van der Waals surface area contributed by atoms with Gasteiger partial charge in [0.15, 0.2) is 0 Å². The van der Waals surface area contributed by atoms with Crippen LogP contribution in [-0.2, 0) is 6.42 Å². The highest BCUT2D eigenvalue weighted by atomic mass is 19.1. The Labute approximate surface area is 146 Å². The van der Waals surface area contributed by atoms with Crippen LogP contribution < -0.4 is 0 Å². The summed E-state index contributed by atoms with van der Waals surface area (Å²) in [5, 5.41) is 0. The minimum atomic E-state index is 0.105. The zero-order chi connectivity index (χ0) is 16.9. The number of benzene rings is 1. The summed E-state index contributed by atoms with van der Waals surface area (Å²) in [5.74, 6) is 1.35. The third kappa shape index (κ3) is 3.82. The first-order chi connectivity index (χ1) is 11.7. The van der Waals surface area contributed by atoms with Crippen molar-refractivity contribution in [2.24, 2.45) is 5.92 Å². The van der Waals surface area contributed by atoms with Crippen molar-refractivity contribution in [1.82, 2.24) is 0 Å². The predicted octanol–water partition coefficient (Wildman–Crippen LogP) is 7.20. The molecule has 24 heavy (non-hydrogen) atoms. The van der Waals surface area contributed by atoms with E-state index >= 15 is 4.39 Å². The summed E-state index contributed by atoms with van der Waals surface area (Å²) < 4.78 is 15.1. The molecule has 0 nitrogen and oxygen atoms in total. The van der Waals surface area contributed by atoms with Gasteiger partial charge in [0.25, 0.3) is 0 Å². The molecule has 1 aromatic rings. The molecule has 1 saturated carbocycles. The molecule has 0 radical (unpaired) electrons. The predicted molar refractivity (Wildman–Crippen MR) is 102 cm³/mol. The molecule has 2 aliphatic rings. The molecule has 0 aromatic heterocycles. The molecule has 2 aliphatic carbocycles. The van der Waals surface area contributed by atoms with Crippen LogP contribution >= 0.6 is 0 Å². The number of halogens is 1. The van der Waals surface area contributed by atoms with E-state index in [9.17, 15) is 0 Å². The van der Waals surface area contributed by atoms with Gasteiger partial charge >= 0.3 is 0 Å². The van der Waals surface area contributed by atoms with Crippen molar-refractivity contribution < 1.29 is 4.39 Å². The molecule has 0 aliphatic heterocycles. The lowest BCUT2D eigenvalue weighted by Crippen LogP contribution is -2.15. The Balaban J connectivity index is 1.71. The van der Waals surface area contributed by atoms with E-state index < -0.39 is 0 Å². The molecule has 0 N–H and O–H groups in total. The maximum atomic E-state index is 15.1. The normalized spacial score (nSPS) is 23.5. The highest BCUT2D eigenvalue weighted by molar-refractivity contribution is 5.61. The highest BCUT2D eigenvalue weighted by Gasteiger charge is 2.26. The second kappa shape index (κ2) is 8.14. The quantitative estimate of drug-likeness (QED) is 0.485. The van der Waals surface area contributed by atoms with E-state index in [4.69, 9.17) is 0 Å². The fourth-order valence-electron chi connectivity index (χ4n) is 4.57. The standard InChI is InChI=1S/C23H31F/c1-3-5-7-17-8-11-19(12-9-17)21-15-13-20-16-18(6-4-2)10-14-22(20)23(21)24/h3,13,15-17,19H,1,4-12,14H2,2H3. The number of hydrogen-bond acceptors (Lipinski definition) is 0. The van der Waals surface area contributed by atoms with Gasteiger partial charge < -0.3 is 0 Å². The second-order valence-electron chi connectivity index (χ2n) is 7.67. The summed E-state index contributed by atoms with van der Waals surface area (Å²) in [6.07, 6.45) is 15.7. The maximum absolute atomic E-state index is 15.1. The molecule has 1 heteroatoms. The monoisotopic (exact) mass is 326 g/mol. The van der Waals surface area contributed by atoms with Crippen molar-refractivity contribution in [3.63, 3.8) is 0 Å². The largest absolute Gasteiger partial charge is 0.206 e. The molecule has 0 spiro atoms. The summed E-state index contributed by atoms with van der Waals surface area (Å²) in [5.41, 5.74) is 4.58. The molecule has 130 valence electrons. The molecule has 1 aromatic carbocycles. The van der Waals surface area contributed by atoms with Gasteiger partial charge in [-0.25, -0.2) is 4.39 Å². The Morgan fingerprint density at radius 2 is 1.96 bits per heavy atom. The van der Waals surface area contributed by atoms with Gasteiger partial charge in [0.05, 0.1) is 0 Å². The Kier molecular flexibility index (Phi) is 5.92. The van der Waals surface area contributed by atoms with Crippen molar-refractivity contribution in [3.05, 3.63) is 52.9 Å². The summed E-state index contributed by atoms with van der Waals surface area (Å²) in [7, 11) is 0. The Morgan fingerprint density at radius 1 is 1.17 bits per heavy atom. The first-order valence-electron chi connectivity index (χ1n) is 9.84. The van der Waals surface area contributed by atoms with Crippen LogP contribution in [0.5, 0.6) is 0 Å². The van der Waals surface area contributed by atoms with Crippen molar-refractivity contribution in [2.45, 2.75) is 77.0 Å². The van der Waals surface area contributed by atoms with E-state index in [0.29, 0.717) is 5.92 Å². The number of fused-ring (bicyclic) bond motifs is 1. The number of allylic oxidation sites excluding steroid dienone is 2. The smallest absolute Gasteiger partial charge is 0.130 e. The lowest BCUT2D eigenvalue weighted by atomic mass is 9.76. The Bertz CT molecular complexity index is 603. The molecule has 0 bridgehead atoms. The zero-order valence-electron chi connectivity index (χ0n) is 15.1. The SMILES string of the molecule is C=CCCC1CCC(c2ccc3c(c2F)CCC(CCC)=C3)CC1. The van der Waals surface area contributed by atoms with Gasteiger partial charge in [-0.1, -0.05) is 43.2 Å². The highest BCUT2D eigenvalue weighted by Crippen LogP contribution is 2.40. The van der Waals surface area contributed by atoms with Crippen LogP contribution in [0.15, 0.2) is 30.4 Å². The van der Waals surface area contributed by atoms with Gasteiger partial charge in [-0.15, -0.1) is 6.58 Å². The van der Waals surface area contributed by atoms with Crippen molar-refractivity contribution in [2.75, 3.05) is 0 Å². The third-order valence-corrected chi connectivity index (χ3v) is 6.00. The van der Waals surface area contributed by atoms with Gasteiger partial charge in [-0.05, 0) is 86.3 Å². The third-order valence-electron chi connectivity index (χ3n) is 6.00. The maximum Gasteiger partial charge on any atom is 0.130 e. The van der Waals surface area contributed by atoms with Crippen LogP contribution in [0.3, 0.4) is 0 Å². The summed E-state index contributed by atoms with van der Waals surface area (Å²) in [4.78, 5) is 0. The topological polar surface area (TPSA) is 0 Å². The molecular formula is C23H31F. The van der Waals surface area contributed by atoms with Gasteiger partial charge in [-0.3, -0.25) is 0 Å². The van der Waals surface area contributed by atoms with E-state index in [-0.39, 0.29) is 5.82 Å². The molecular weight excluding hydrogens is 295 g/mol. The molecule has 3 rings (SSSR count).